The maximum absolute atomic E-state index is 12.3. The van der Waals surface area contributed by atoms with Crippen LogP contribution in [0.2, 0.25) is 0 Å². The predicted octanol–water partition coefficient (Wildman–Crippen LogP) is 1.93. The molecule has 21 heavy (non-hydrogen) atoms. The molecule has 2 saturated heterocycles. The number of carbonyl (C=O) groups is 1. The normalized spacial score (nSPS) is 31.5. The zero-order valence-corrected chi connectivity index (χ0v) is 14.0. The Morgan fingerprint density at radius 3 is 2.52 bits per heavy atom. The van der Waals surface area contributed by atoms with Gasteiger partial charge in [0.05, 0.1) is 12.2 Å². The Morgan fingerprint density at radius 1 is 1.24 bits per heavy atom. The van der Waals surface area contributed by atoms with Crippen molar-refractivity contribution >= 4 is 6.03 Å². The van der Waals surface area contributed by atoms with Gasteiger partial charge in [-0.2, -0.15) is 0 Å². The molecule has 5 heteroatoms. The third kappa shape index (κ3) is 4.85. The maximum atomic E-state index is 12.3. The fourth-order valence-electron chi connectivity index (χ4n) is 3.42. The van der Waals surface area contributed by atoms with E-state index in [1.807, 2.05) is 18.7 Å². The number of carbonyl (C=O) groups excluding carboxylic acids is 1. The summed E-state index contributed by atoms with van der Waals surface area (Å²) < 4.78 is 5.67. The molecule has 5 nitrogen and oxygen atoms in total. The summed E-state index contributed by atoms with van der Waals surface area (Å²) in [4.78, 5) is 16.7. The molecule has 0 aromatic carbocycles. The van der Waals surface area contributed by atoms with Gasteiger partial charge in [-0.05, 0) is 53.0 Å². The third-order valence-electron chi connectivity index (χ3n) is 4.53. The Hall–Kier alpha value is -0.810. The van der Waals surface area contributed by atoms with Crippen molar-refractivity contribution in [1.29, 1.82) is 0 Å². The van der Waals surface area contributed by atoms with Crippen molar-refractivity contribution in [3.63, 3.8) is 0 Å². The van der Waals surface area contributed by atoms with Crippen molar-refractivity contribution in [3.05, 3.63) is 0 Å². The van der Waals surface area contributed by atoms with Gasteiger partial charge < -0.3 is 19.9 Å². The minimum absolute atomic E-state index is 0.0682. The number of hydrogen-bond donors (Lipinski definition) is 1. The molecule has 2 aliphatic heterocycles. The van der Waals surface area contributed by atoms with Crippen LogP contribution in [0.1, 0.15) is 40.5 Å². The van der Waals surface area contributed by atoms with Crippen molar-refractivity contribution < 1.29 is 9.53 Å². The summed E-state index contributed by atoms with van der Waals surface area (Å²) in [5.41, 5.74) is 0. The molecule has 0 aliphatic carbocycles. The van der Waals surface area contributed by atoms with Crippen LogP contribution in [0.3, 0.4) is 0 Å². The van der Waals surface area contributed by atoms with Gasteiger partial charge in [0.15, 0.2) is 0 Å². The zero-order chi connectivity index (χ0) is 15.4. The van der Waals surface area contributed by atoms with Crippen LogP contribution in [0.5, 0.6) is 0 Å². The molecule has 0 unspecified atom stereocenters. The van der Waals surface area contributed by atoms with E-state index in [2.05, 4.69) is 24.1 Å². The van der Waals surface area contributed by atoms with Gasteiger partial charge in [0.2, 0.25) is 0 Å². The summed E-state index contributed by atoms with van der Waals surface area (Å²) in [6.07, 6.45) is 2.72. The standard InChI is InChI=1S/C16H31N3O2/c1-12(2)18-7-5-6-15(11-18)8-17-16(20)19-9-13(3)21-14(4)10-19/h12-15H,5-11H2,1-4H3,(H,17,20)/t13-,14+,15-/m1/s1. The van der Waals surface area contributed by atoms with Gasteiger partial charge in [0.25, 0.3) is 0 Å². The number of hydrogen-bond acceptors (Lipinski definition) is 3. The van der Waals surface area contributed by atoms with E-state index in [9.17, 15) is 4.79 Å². The molecule has 0 saturated carbocycles. The molecule has 2 rings (SSSR count). The van der Waals surface area contributed by atoms with Crippen LogP contribution in [0.25, 0.3) is 0 Å². The summed E-state index contributed by atoms with van der Waals surface area (Å²) in [7, 11) is 0. The average molecular weight is 297 g/mol. The molecule has 2 fully saturated rings. The number of rotatable bonds is 3. The molecule has 0 aromatic rings. The second kappa shape index (κ2) is 7.45. The van der Waals surface area contributed by atoms with Gasteiger partial charge in [-0.25, -0.2) is 4.79 Å². The average Bonchev–Trinajstić information content (AvgIpc) is 2.44. The SMILES string of the molecule is CC(C)N1CCC[C@H](CNC(=O)N2C[C@@H](C)O[C@@H](C)C2)C1. The molecule has 0 radical (unpaired) electrons. The van der Waals surface area contributed by atoms with Crippen LogP contribution < -0.4 is 5.32 Å². The Balaban J connectivity index is 1.75. The number of amides is 2. The number of ether oxygens (including phenoxy) is 1. The first-order valence-corrected chi connectivity index (χ1v) is 8.38. The van der Waals surface area contributed by atoms with Crippen molar-refractivity contribution in [3.8, 4) is 0 Å². The molecule has 0 bridgehead atoms. The fraction of sp³-hybridized carbons (Fsp3) is 0.938. The molecule has 2 amide bonds. The van der Waals surface area contributed by atoms with E-state index in [-0.39, 0.29) is 18.2 Å². The summed E-state index contributed by atoms with van der Waals surface area (Å²) in [6.45, 7) is 13.0. The van der Waals surface area contributed by atoms with E-state index in [4.69, 9.17) is 4.74 Å². The van der Waals surface area contributed by atoms with Crippen molar-refractivity contribution in [2.45, 2.75) is 58.8 Å². The highest BCUT2D eigenvalue weighted by Gasteiger charge is 2.27. The monoisotopic (exact) mass is 297 g/mol. The van der Waals surface area contributed by atoms with Crippen LogP contribution in [0.15, 0.2) is 0 Å². The largest absolute Gasteiger partial charge is 0.372 e. The molecular formula is C16H31N3O2. The molecule has 3 atom stereocenters. The minimum Gasteiger partial charge on any atom is -0.372 e. The van der Waals surface area contributed by atoms with Gasteiger partial charge >= 0.3 is 6.03 Å². The number of morpholine rings is 1. The Bertz CT molecular complexity index is 338. The first kappa shape index (κ1) is 16.6. The van der Waals surface area contributed by atoms with Crippen LogP contribution in [-0.2, 0) is 4.74 Å². The van der Waals surface area contributed by atoms with Gasteiger partial charge in [-0.3, -0.25) is 0 Å². The Labute approximate surface area is 129 Å². The van der Waals surface area contributed by atoms with E-state index >= 15 is 0 Å². The highest BCUT2D eigenvalue weighted by molar-refractivity contribution is 5.74. The zero-order valence-electron chi connectivity index (χ0n) is 14.0. The number of nitrogens with zero attached hydrogens (tertiary/aromatic N) is 2. The van der Waals surface area contributed by atoms with Crippen LogP contribution in [0, 0.1) is 5.92 Å². The van der Waals surface area contributed by atoms with Crippen molar-refractivity contribution in [1.82, 2.24) is 15.1 Å². The Morgan fingerprint density at radius 2 is 1.90 bits per heavy atom. The van der Waals surface area contributed by atoms with Gasteiger partial charge in [-0.15, -0.1) is 0 Å². The number of nitrogens with one attached hydrogen (secondary N) is 1. The highest BCUT2D eigenvalue weighted by atomic mass is 16.5. The molecule has 0 aromatic heterocycles. The summed E-state index contributed by atoms with van der Waals surface area (Å²) in [6, 6.07) is 0.670. The second-order valence-electron chi connectivity index (χ2n) is 6.95. The topological polar surface area (TPSA) is 44.8 Å². The van der Waals surface area contributed by atoms with E-state index in [1.165, 1.54) is 19.4 Å². The minimum atomic E-state index is 0.0682. The summed E-state index contributed by atoms with van der Waals surface area (Å²) >= 11 is 0. The first-order chi connectivity index (χ1) is 9.95. The summed E-state index contributed by atoms with van der Waals surface area (Å²) in [5.74, 6) is 0.584. The lowest BCUT2D eigenvalue weighted by atomic mass is 9.97. The molecule has 1 N–H and O–H groups in total. The first-order valence-electron chi connectivity index (χ1n) is 8.38. The molecule has 0 spiro atoms. The van der Waals surface area contributed by atoms with E-state index in [1.54, 1.807) is 0 Å². The number of piperidine rings is 1. The molecule has 2 aliphatic rings. The van der Waals surface area contributed by atoms with Crippen molar-refractivity contribution in [2.24, 2.45) is 5.92 Å². The molecular weight excluding hydrogens is 266 g/mol. The Kier molecular flexibility index (Phi) is 5.88. The van der Waals surface area contributed by atoms with E-state index in [0.717, 1.165) is 13.1 Å². The highest BCUT2D eigenvalue weighted by Crippen LogP contribution is 2.18. The maximum Gasteiger partial charge on any atom is 0.317 e. The molecule has 122 valence electrons. The molecule has 2 heterocycles. The number of likely N-dealkylation sites (tertiary alicyclic amines) is 1. The van der Waals surface area contributed by atoms with Gasteiger partial charge in [0, 0.05) is 32.2 Å². The lowest BCUT2D eigenvalue weighted by molar-refractivity contribution is -0.0546. The lowest BCUT2D eigenvalue weighted by Crippen LogP contribution is -2.53. The number of urea groups is 1. The fourth-order valence-corrected chi connectivity index (χ4v) is 3.42. The lowest BCUT2D eigenvalue weighted by Gasteiger charge is -2.37. The van der Waals surface area contributed by atoms with E-state index < -0.39 is 0 Å². The quantitative estimate of drug-likeness (QED) is 0.865. The van der Waals surface area contributed by atoms with Gasteiger partial charge in [-0.1, -0.05) is 0 Å². The van der Waals surface area contributed by atoms with Crippen LogP contribution in [-0.4, -0.2) is 66.8 Å². The van der Waals surface area contributed by atoms with Crippen LogP contribution in [0.4, 0.5) is 4.79 Å². The van der Waals surface area contributed by atoms with Crippen LogP contribution >= 0.6 is 0 Å². The van der Waals surface area contributed by atoms with Gasteiger partial charge in [0.1, 0.15) is 0 Å². The third-order valence-corrected chi connectivity index (χ3v) is 4.53. The summed E-state index contributed by atoms with van der Waals surface area (Å²) in [5, 5.41) is 3.13. The van der Waals surface area contributed by atoms with E-state index in [0.29, 0.717) is 25.0 Å². The smallest absolute Gasteiger partial charge is 0.317 e. The second-order valence-corrected chi connectivity index (χ2v) is 6.95. The predicted molar refractivity (Wildman–Crippen MR) is 84.4 cm³/mol. The van der Waals surface area contributed by atoms with Crippen molar-refractivity contribution in [2.75, 3.05) is 32.7 Å².